The summed E-state index contributed by atoms with van der Waals surface area (Å²) < 4.78 is 1.68. The van der Waals surface area contributed by atoms with Crippen LogP contribution < -0.4 is 5.56 Å². The number of fused-ring (bicyclic) bond motifs is 1. The van der Waals surface area contributed by atoms with Crippen molar-refractivity contribution in [2.24, 2.45) is 5.92 Å². The van der Waals surface area contributed by atoms with Crippen molar-refractivity contribution in [2.45, 2.75) is 45.0 Å². The maximum Gasteiger partial charge on any atom is 0.262 e. The molecule has 120 valence electrons. The highest BCUT2D eigenvalue weighted by Crippen LogP contribution is 2.23. The summed E-state index contributed by atoms with van der Waals surface area (Å²) in [6, 6.07) is 5.15. The van der Waals surface area contributed by atoms with E-state index in [1.165, 1.54) is 11.8 Å². The molecule has 0 saturated carbocycles. The van der Waals surface area contributed by atoms with Gasteiger partial charge in [-0.05, 0) is 38.0 Å². The van der Waals surface area contributed by atoms with Crippen LogP contribution in [0.4, 0.5) is 0 Å². The molecule has 0 aliphatic heterocycles. The zero-order valence-corrected chi connectivity index (χ0v) is 14.8. The Morgan fingerprint density at radius 1 is 1.41 bits per heavy atom. The van der Waals surface area contributed by atoms with Crippen LogP contribution in [0, 0.1) is 5.92 Å². The first-order valence-electron chi connectivity index (χ1n) is 7.22. The standard InChI is InChI=1S/C16H21ClN2O2S/c1-10(2)8-19-14(20)12-7-11(17)5-6-13(12)18-15(19)22-9-16(3,4)21/h5-7,10,21H,8-9H2,1-4H3. The molecule has 2 rings (SSSR count). The molecule has 1 aromatic carbocycles. The van der Waals surface area contributed by atoms with Crippen molar-refractivity contribution in [1.29, 1.82) is 0 Å². The molecule has 0 bridgehead atoms. The Hall–Kier alpha value is -1.04. The van der Waals surface area contributed by atoms with E-state index in [-0.39, 0.29) is 5.56 Å². The number of thioether (sulfide) groups is 1. The van der Waals surface area contributed by atoms with Crippen LogP contribution in [0.3, 0.4) is 0 Å². The second-order valence-electron chi connectivity index (χ2n) is 6.47. The molecule has 4 nitrogen and oxygen atoms in total. The molecule has 1 N–H and O–H groups in total. The Balaban J connectivity index is 2.57. The zero-order chi connectivity index (χ0) is 16.5. The molecule has 6 heteroatoms. The molecule has 1 heterocycles. The predicted molar refractivity (Wildman–Crippen MR) is 92.9 cm³/mol. The highest BCUT2D eigenvalue weighted by Gasteiger charge is 2.18. The average Bonchev–Trinajstić information content (AvgIpc) is 2.39. The zero-order valence-electron chi connectivity index (χ0n) is 13.3. The summed E-state index contributed by atoms with van der Waals surface area (Å²) in [7, 11) is 0. The summed E-state index contributed by atoms with van der Waals surface area (Å²) in [4.78, 5) is 17.3. The van der Waals surface area contributed by atoms with Gasteiger partial charge in [0.25, 0.3) is 5.56 Å². The first kappa shape index (κ1) is 17.3. The van der Waals surface area contributed by atoms with Crippen LogP contribution >= 0.6 is 23.4 Å². The third-order valence-electron chi connectivity index (χ3n) is 2.98. The fourth-order valence-electron chi connectivity index (χ4n) is 2.05. The number of benzene rings is 1. The molecule has 0 radical (unpaired) electrons. The number of aromatic nitrogens is 2. The Kier molecular flexibility index (Phi) is 5.20. The third kappa shape index (κ3) is 4.24. The molecule has 0 saturated heterocycles. The molecule has 0 atom stereocenters. The second-order valence-corrected chi connectivity index (χ2v) is 7.85. The van der Waals surface area contributed by atoms with E-state index in [1.54, 1.807) is 36.6 Å². The number of hydrogen-bond acceptors (Lipinski definition) is 4. The van der Waals surface area contributed by atoms with Crippen LogP contribution in [-0.4, -0.2) is 26.0 Å². The monoisotopic (exact) mass is 340 g/mol. The summed E-state index contributed by atoms with van der Waals surface area (Å²) in [6.45, 7) is 8.18. The van der Waals surface area contributed by atoms with Crippen LogP contribution in [0.15, 0.2) is 28.2 Å². The summed E-state index contributed by atoms with van der Waals surface area (Å²) in [5.41, 5.74) is -0.271. The first-order valence-corrected chi connectivity index (χ1v) is 8.59. The summed E-state index contributed by atoms with van der Waals surface area (Å²) in [6.07, 6.45) is 0. The Bertz CT molecular complexity index is 735. The van der Waals surface area contributed by atoms with E-state index >= 15 is 0 Å². The van der Waals surface area contributed by atoms with Crippen molar-refractivity contribution in [1.82, 2.24) is 9.55 Å². The lowest BCUT2D eigenvalue weighted by Crippen LogP contribution is -2.27. The van der Waals surface area contributed by atoms with E-state index in [4.69, 9.17) is 11.6 Å². The van der Waals surface area contributed by atoms with Gasteiger partial charge < -0.3 is 5.11 Å². The van der Waals surface area contributed by atoms with Gasteiger partial charge in [0.1, 0.15) is 0 Å². The van der Waals surface area contributed by atoms with Gasteiger partial charge in [-0.3, -0.25) is 9.36 Å². The summed E-state index contributed by atoms with van der Waals surface area (Å²) in [5.74, 6) is 0.786. The molecule has 0 amide bonds. The maximum atomic E-state index is 12.7. The lowest BCUT2D eigenvalue weighted by Gasteiger charge is -2.19. The van der Waals surface area contributed by atoms with E-state index in [0.717, 1.165) is 0 Å². The van der Waals surface area contributed by atoms with Gasteiger partial charge >= 0.3 is 0 Å². The van der Waals surface area contributed by atoms with E-state index < -0.39 is 5.60 Å². The molecule has 0 aliphatic carbocycles. The van der Waals surface area contributed by atoms with E-state index in [0.29, 0.717) is 39.3 Å². The van der Waals surface area contributed by atoms with Crippen LogP contribution in [0.5, 0.6) is 0 Å². The van der Waals surface area contributed by atoms with Crippen LogP contribution in [-0.2, 0) is 6.54 Å². The lowest BCUT2D eigenvalue weighted by molar-refractivity contribution is 0.107. The Labute approximate surface area is 139 Å². The average molecular weight is 341 g/mol. The van der Waals surface area contributed by atoms with Crippen LogP contribution in [0.25, 0.3) is 10.9 Å². The molecule has 2 aromatic rings. The van der Waals surface area contributed by atoms with Crippen molar-refractivity contribution in [3.63, 3.8) is 0 Å². The van der Waals surface area contributed by atoms with Gasteiger partial charge in [0.05, 0.1) is 16.5 Å². The van der Waals surface area contributed by atoms with Crippen molar-refractivity contribution >= 4 is 34.3 Å². The minimum atomic E-state index is -0.819. The van der Waals surface area contributed by atoms with Gasteiger partial charge in [0.2, 0.25) is 0 Å². The summed E-state index contributed by atoms with van der Waals surface area (Å²) in [5, 5.41) is 11.6. The molecular formula is C16H21ClN2O2S. The minimum absolute atomic E-state index is 0.0838. The Morgan fingerprint density at radius 2 is 2.09 bits per heavy atom. The lowest BCUT2D eigenvalue weighted by atomic mass is 10.2. The van der Waals surface area contributed by atoms with E-state index in [1.807, 2.05) is 0 Å². The number of nitrogens with zero attached hydrogens (tertiary/aromatic N) is 2. The topological polar surface area (TPSA) is 55.1 Å². The summed E-state index contributed by atoms with van der Waals surface area (Å²) >= 11 is 7.39. The fourth-order valence-corrected chi connectivity index (χ4v) is 3.18. The van der Waals surface area contributed by atoms with Crippen molar-refractivity contribution in [3.05, 3.63) is 33.6 Å². The quantitative estimate of drug-likeness (QED) is 0.667. The van der Waals surface area contributed by atoms with Crippen LogP contribution in [0.1, 0.15) is 27.7 Å². The predicted octanol–water partition coefficient (Wildman–Crippen LogP) is 3.57. The maximum absolute atomic E-state index is 12.7. The van der Waals surface area contributed by atoms with Crippen molar-refractivity contribution < 1.29 is 5.11 Å². The highest BCUT2D eigenvalue weighted by atomic mass is 35.5. The largest absolute Gasteiger partial charge is 0.390 e. The van der Waals surface area contributed by atoms with Gasteiger partial charge in [-0.15, -0.1) is 0 Å². The van der Waals surface area contributed by atoms with Gasteiger partial charge in [0.15, 0.2) is 5.16 Å². The minimum Gasteiger partial charge on any atom is -0.390 e. The molecule has 0 spiro atoms. The molecule has 22 heavy (non-hydrogen) atoms. The third-order valence-corrected chi connectivity index (χ3v) is 4.64. The van der Waals surface area contributed by atoms with Gasteiger partial charge in [-0.1, -0.05) is 37.2 Å². The first-order chi connectivity index (χ1) is 10.2. The number of rotatable bonds is 5. The van der Waals surface area contributed by atoms with Gasteiger partial charge in [-0.25, -0.2) is 4.98 Å². The number of hydrogen-bond donors (Lipinski definition) is 1. The Morgan fingerprint density at radius 3 is 2.68 bits per heavy atom. The molecule has 1 aromatic heterocycles. The number of halogens is 1. The van der Waals surface area contributed by atoms with E-state index in [2.05, 4.69) is 18.8 Å². The van der Waals surface area contributed by atoms with Crippen molar-refractivity contribution in [3.8, 4) is 0 Å². The number of aliphatic hydroxyl groups is 1. The molecule has 0 aliphatic rings. The molecule has 0 unspecified atom stereocenters. The fraction of sp³-hybridized carbons (Fsp3) is 0.500. The smallest absolute Gasteiger partial charge is 0.262 e. The molecular weight excluding hydrogens is 320 g/mol. The van der Waals surface area contributed by atoms with Gasteiger partial charge in [0, 0.05) is 17.3 Å². The normalized spacial score (nSPS) is 12.3. The van der Waals surface area contributed by atoms with Gasteiger partial charge in [-0.2, -0.15) is 0 Å². The second kappa shape index (κ2) is 6.60. The van der Waals surface area contributed by atoms with Crippen LogP contribution in [0.2, 0.25) is 5.02 Å². The SMILES string of the molecule is CC(C)Cn1c(SCC(C)(C)O)nc2ccc(Cl)cc2c1=O. The van der Waals surface area contributed by atoms with E-state index in [9.17, 15) is 9.90 Å². The molecule has 0 fully saturated rings. The van der Waals surface area contributed by atoms with Crippen molar-refractivity contribution in [2.75, 3.05) is 5.75 Å². The highest BCUT2D eigenvalue weighted by molar-refractivity contribution is 7.99.